The fourth-order valence-corrected chi connectivity index (χ4v) is 7.07. The second-order valence-electron chi connectivity index (χ2n) is 14.2. The topological polar surface area (TPSA) is 188 Å². The molecule has 1 aromatic carbocycles. The van der Waals surface area contributed by atoms with Crippen LogP contribution in [0.15, 0.2) is 35.4 Å². The summed E-state index contributed by atoms with van der Waals surface area (Å²) in [5.41, 5.74) is 3.79. The van der Waals surface area contributed by atoms with E-state index in [9.17, 15) is 35.4 Å². The molecule has 4 saturated heterocycles. The average molecular weight is 692 g/mol. The van der Waals surface area contributed by atoms with Crippen LogP contribution in [-0.2, 0) is 31.8 Å². The molecule has 0 bridgehead atoms. The first-order valence-electron chi connectivity index (χ1n) is 17.3. The van der Waals surface area contributed by atoms with Crippen LogP contribution in [0.1, 0.15) is 68.4 Å². The molecule has 49 heavy (non-hydrogen) atoms. The number of rotatable bonds is 12. The number of benzene rings is 1. The van der Waals surface area contributed by atoms with Crippen molar-refractivity contribution in [2.75, 3.05) is 32.9 Å². The summed E-state index contributed by atoms with van der Waals surface area (Å²) in [5.74, 6) is 0.284. The minimum atomic E-state index is -1.75. The summed E-state index contributed by atoms with van der Waals surface area (Å²) in [4.78, 5) is 16.0. The third-order valence-corrected chi connectivity index (χ3v) is 9.92. The molecule has 11 unspecified atom stereocenters. The smallest absolute Gasteiger partial charge is 0.338 e. The van der Waals surface area contributed by atoms with E-state index in [0.717, 1.165) is 37.1 Å². The van der Waals surface area contributed by atoms with Crippen molar-refractivity contribution in [1.29, 1.82) is 0 Å². The third kappa shape index (κ3) is 8.90. The lowest BCUT2D eigenvalue weighted by molar-refractivity contribution is -0.348. The Hall–Kier alpha value is -2.43. The van der Waals surface area contributed by atoms with Crippen LogP contribution in [-0.4, -0.2) is 136 Å². The van der Waals surface area contributed by atoms with Gasteiger partial charge >= 0.3 is 5.97 Å². The number of hydrogen-bond donors (Lipinski definition) is 6. The van der Waals surface area contributed by atoms with Gasteiger partial charge in [-0.15, -0.1) is 0 Å². The number of aliphatic hydroxyl groups is 6. The zero-order chi connectivity index (χ0) is 35.4. The number of carbonyl (C=O) groups is 1. The normalized spacial score (nSPS) is 34.7. The largest absolute Gasteiger partial charge is 0.462 e. The van der Waals surface area contributed by atoms with Gasteiger partial charge in [0.2, 0.25) is 6.29 Å². The Morgan fingerprint density at radius 3 is 2.20 bits per heavy atom. The van der Waals surface area contributed by atoms with Gasteiger partial charge in [-0.25, -0.2) is 4.79 Å². The van der Waals surface area contributed by atoms with E-state index in [1.54, 1.807) is 12.1 Å². The first-order chi connectivity index (χ1) is 23.4. The number of allylic oxidation sites excluding steroid dienone is 4. The molecular weight excluding hydrogens is 638 g/mol. The molecule has 6 N–H and O–H groups in total. The molecular formula is C36H53NO12. The minimum absolute atomic E-state index is 0.295. The van der Waals surface area contributed by atoms with Crippen LogP contribution in [0, 0.1) is 5.92 Å². The van der Waals surface area contributed by atoms with Gasteiger partial charge in [0.05, 0.1) is 25.4 Å². The maximum absolute atomic E-state index is 13.6. The predicted molar refractivity (Wildman–Crippen MR) is 177 cm³/mol. The van der Waals surface area contributed by atoms with Gasteiger partial charge in [0.1, 0.15) is 42.4 Å². The Morgan fingerprint density at radius 2 is 1.57 bits per heavy atom. The van der Waals surface area contributed by atoms with E-state index >= 15 is 0 Å². The second-order valence-corrected chi connectivity index (χ2v) is 14.2. The summed E-state index contributed by atoms with van der Waals surface area (Å²) in [5, 5.41) is 62.3. The van der Waals surface area contributed by atoms with E-state index in [0.29, 0.717) is 53.8 Å². The van der Waals surface area contributed by atoms with E-state index in [1.165, 1.54) is 6.42 Å². The van der Waals surface area contributed by atoms with Crippen molar-refractivity contribution in [2.45, 2.75) is 121 Å². The van der Waals surface area contributed by atoms with Crippen LogP contribution < -0.4 is 4.74 Å². The van der Waals surface area contributed by atoms with Crippen molar-refractivity contribution in [1.82, 2.24) is 4.90 Å². The monoisotopic (exact) mass is 691 g/mol. The summed E-state index contributed by atoms with van der Waals surface area (Å²) in [6.07, 6.45) is -5.55. The summed E-state index contributed by atoms with van der Waals surface area (Å²) < 4.78 is 29.6. The van der Waals surface area contributed by atoms with E-state index in [-0.39, 0.29) is 6.61 Å². The highest BCUT2D eigenvalue weighted by molar-refractivity contribution is 5.90. The fourth-order valence-electron chi connectivity index (χ4n) is 7.07. The van der Waals surface area contributed by atoms with Crippen LogP contribution in [0.3, 0.4) is 0 Å². The van der Waals surface area contributed by atoms with E-state index < -0.39 is 67.9 Å². The quantitative estimate of drug-likeness (QED) is 0.135. The highest BCUT2D eigenvalue weighted by Gasteiger charge is 2.49. The van der Waals surface area contributed by atoms with Crippen molar-refractivity contribution in [3.8, 4) is 5.75 Å². The molecule has 13 heteroatoms. The lowest BCUT2D eigenvalue weighted by Crippen LogP contribution is -2.63. The first-order valence-corrected chi connectivity index (χ1v) is 17.3. The summed E-state index contributed by atoms with van der Waals surface area (Å²) in [7, 11) is 0. The van der Waals surface area contributed by atoms with Crippen LogP contribution in [0.4, 0.5) is 0 Å². The standard InChI is InChI=1S/C36H53NO12/c1-19(2)7-9-21-14-24(34(44)45-17-23-11-13-37-12-5-6-25(23)37)15-22(10-8-20(3)4)32(21)48-36-33(28(40)26(39)18-46-36)49-35-31(43)30(42)29(41)27(16-38)47-35/h7-8,14-15,23,25-31,33,35-36,38-43H,5-6,9-13,16-18H2,1-4H3. The Morgan fingerprint density at radius 1 is 0.898 bits per heavy atom. The Bertz CT molecular complexity index is 1300. The zero-order valence-electron chi connectivity index (χ0n) is 28.8. The molecule has 274 valence electrons. The highest BCUT2D eigenvalue weighted by atomic mass is 16.8. The van der Waals surface area contributed by atoms with Crippen molar-refractivity contribution in [3.63, 3.8) is 0 Å². The number of ether oxygens (including phenoxy) is 5. The molecule has 4 aliphatic rings. The van der Waals surface area contributed by atoms with E-state index in [2.05, 4.69) is 4.90 Å². The molecule has 0 aromatic heterocycles. The van der Waals surface area contributed by atoms with Gasteiger partial charge in [0.25, 0.3) is 0 Å². The fraction of sp³-hybridized carbons (Fsp3) is 0.694. The number of esters is 1. The van der Waals surface area contributed by atoms with Crippen molar-refractivity contribution in [2.24, 2.45) is 5.92 Å². The molecule has 4 fully saturated rings. The average Bonchev–Trinajstić information content (AvgIpc) is 3.70. The minimum Gasteiger partial charge on any atom is -0.462 e. The van der Waals surface area contributed by atoms with Crippen LogP contribution in [0.2, 0.25) is 0 Å². The number of carbonyl (C=O) groups excluding carboxylic acids is 1. The van der Waals surface area contributed by atoms with Gasteiger partial charge in [-0.05, 0) is 96.1 Å². The van der Waals surface area contributed by atoms with Crippen LogP contribution in [0.5, 0.6) is 5.75 Å². The third-order valence-electron chi connectivity index (χ3n) is 9.92. The summed E-state index contributed by atoms with van der Waals surface area (Å²) >= 11 is 0. The molecule has 0 amide bonds. The van der Waals surface area contributed by atoms with Gasteiger partial charge in [-0.3, -0.25) is 4.90 Å². The van der Waals surface area contributed by atoms with Gasteiger partial charge in [-0.2, -0.15) is 0 Å². The number of aliphatic hydroxyl groups excluding tert-OH is 6. The SMILES string of the molecule is CC(C)=CCc1cc(C(=O)OCC2CCN3CCCC23)cc(CC=C(C)C)c1OC1OCC(O)C(O)C1OC1OC(CO)C(O)C(O)C1O. The lowest BCUT2D eigenvalue weighted by atomic mass is 9.97. The highest BCUT2D eigenvalue weighted by Crippen LogP contribution is 2.35. The first kappa shape index (κ1) is 37.8. The Kier molecular flexibility index (Phi) is 12.9. The number of nitrogens with zero attached hydrogens (tertiary/aromatic N) is 1. The molecule has 4 aliphatic heterocycles. The van der Waals surface area contributed by atoms with E-state index in [1.807, 2.05) is 39.8 Å². The molecule has 0 radical (unpaired) electrons. The van der Waals surface area contributed by atoms with Gasteiger partial charge in [0.15, 0.2) is 12.4 Å². The molecule has 1 aromatic rings. The molecule has 5 rings (SSSR count). The predicted octanol–water partition coefficient (Wildman–Crippen LogP) is 0.987. The maximum atomic E-state index is 13.6. The van der Waals surface area contributed by atoms with Crippen molar-refractivity contribution >= 4 is 5.97 Å². The van der Waals surface area contributed by atoms with Crippen molar-refractivity contribution in [3.05, 3.63) is 52.1 Å². The summed E-state index contributed by atoms with van der Waals surface area (Å²) in [6, 6.07) is 3.94. The van der Waals surface area contributed by atoms with E-state index in [4.69, 9.17) is 23.7 Å². The van der Waals surface area contributed by atoms with Gasteiger partial charge in [-0.1, -0.05) is 23.3 Å². The molecule has 0 spiro atoms. The number of hydrogen-bond acceptors (Lipinski definition) is 13. The Balaban J connectivity index is 1.44. The molecule has 11 atom stereocenters. The lowest BCUT2D eigenvalue weighted by Gasteiger charge is -2.44. The number of fused-ring (bicyclic) bond motifs is 1. The van der Waals surface area contributed by atoms with Crippen LogP contribution >= 0.6 is 0 Å². The van der Waals surface area contributed by atoms with Gasteiger partial charge < -0.3 is 54.3 Å². The summed E-state index contributed by atoms with van der Waals surface area (Å²) in [6.45, 7) is 9.38. The Labute approximate surface area is 287 Å². The molecule has 13 nitrogen and oxygen atoms in total. The van der Waals surface area contributed by atoms with Gasteiger partial charge in [0, 0.05) is 12.0 Å². The zero-order valence-corrected chi connectivity index (χ0v) is 28.8. The molecule has 0 saturated carbocycles. The maximum Gasteiger partial charge on any atom is 0.338 e. The molecule has 0 aliphatic carbocycles. The second kappa shape index (κ2) is 16.7. The van der Waals surface area contributed by atoms with Crippen LogP contribution in [0.25, 0.3) is 0 Å². The molecule has 4 heterocycles. The van der Waals surface area contributed by atoms with Crippen molar-refractivity contribution < 1.29 is 59.1 Å².